The smallest absolute Gasteiger partial charge is 0.222 e. The van der Waals surface area contributed by atoms with Crippen LogP contribution in [0.25, 0.3) is 0 Å². The Labute approximate surface area is 139 Å². The molecule has 0 radical (unpaired) electrons. The van der Waals surface area contributed by atoms with Gasteiger partial charge in [0.25, 0.3) is 0 Å². The highest BCUT2D eigenvalue weighted by Crippen LogP contribution is 2.28. The second kappa shape index (κ2) is 8.80. The molecule has 1 aliphatic rings. The summed E-state index contributed by atoms with van der Waals surface area (Å²) in [5.41, 5.74) is 1.00. The second-order valence-corrected chi connectivity index (χ2v) is 6.47. The average Bonchev–Trinajstić information content (AvgIpc) is 2.60. The average molecular weight is 319 g/mol. The molecule has 0 unspecified atom stereocenters. The molecule has 4 nitrogen and oxygen atoms in total. The van der Waals surface area contributed by atoms with Crippen molar-refractivity contribution < 1.29 is 14.3 Å². The number of hydrogen-bond acceptors (Lipinski definition) is 3. The second-order valence-electron chi connectivity index (χ2n) is 6.47. The quantitative estimate of drug-likeness (QED) is 0.762. The zero-order valence-electron chi connectivity index (χ0n) is 14.6. The minimum absolute atomic E-state index is 0.216. The molecule has 1 aliphatic carbocycles. The van der Waals surface area contributed by atoms with Gasteiger partial charge in [-0.3, -0.25) is 4.79 Å². The van der Waals surface area contributed by atoms with Crippen molar-refractivity contribution in [3.63, 3.8) is 0 Å². The van der Waals surface area contributed by atoms with Gasteiger partial charge < -0.3 is 14.4 Å². The zero-order chi connectivity index (χ0) is 16.7. The third-order valence-corrected chi connectivity index (χ3v) is 4.82. The Bertz CT molecular complexity index is 509. The molecule has 0 atom stereocenters. The van der Waals surface area contributed by atoms with E-state index < -0.39 is 0 Å². The topological polar surface area (TPSA) is 38.8 Å². The van der Waals surface area contributed by atoms with Crippen molar-refractivity contribution in [1.29, 1.82) is 0 Å². The fourth-order valence-corrected chi connectivity index (χ4v) is 3.32. The first kappa shape index (κ1) is 17.6. The van der Waals surface area contributed by atoms with Crippen molar-refractivity contribution in [2.75, 3.05) is 21.3 Å². The first-order valence-electron chi connectivity index (χ1n) is 8.59. The van der Waals surface area contributed by atoms with Gasteiger partial charge in [0, 0.05) is 31.6 Å². The van der Waals surface area contributed by atoms with E-state index in [1.165, 1.54) is 32.1 Å². The molecule has 0 aromatic heterocycles. The molecular formula is C19H29NO3. The minimum atomic E-state index is 0.216. The molecule has 4 heteroatoms. The van der Waals surface area contributed by atoms with Crippen LogP contribution in [0, 0.1) is 5.92 Å². The van der Waals surface area contributed by atoms with Crippen molar-refractivity contribution in [2.45, 2.75) is 51.5 Å². The first-order valence-corrected chi connectivity index (χ1v) is 8.59. The Balaban J connectivity index is 1.87. The van der Waals surface area contributed by atoms with Crippen molar-refractivity contribution >= 4 is 5.91 Å². The highest BCUT2D eigenvalue weighted by atomic mass is 16.5. The summed E-state index contributed by atoms with van der Waals surface area (Å²) in [6.45, 7) is 0.566. The standard InChI is InChI=1S/C19H29NO3/c1-20(19(21)12-9-15-7-5-4-6-8-15)14-16-10-11-17(22-2)13-18(16)23-3/h10-11,13,15H,4-9,12,14H2,1-3H3. The summed E-state index contributed by atoms with van der Waals surface area (Å²) in [7, 11) is 5.14. The molecule has 0 bridgehead atoms. The first-order chi connectivity index (χ1) is 11.1. The Kier molecular flexibility index (Phi) is 6.75. The molecule has 23 heavy (non-hydrogen) atoms. The van der Waals surface area contributed by atoms with E-state index in [0.717, 1.165) is 29.4 Å². The van der Waals surface area contributed by atoms with Crippen LogP contribution in [-0.2, 0) is 11.3 Å². The highest BCUT2D eigenvalue weighted by molar-refractivity contribution is 5.76. The number of hydrogen-bond donors (Lipinski definition) is 0. The molecule has 128 valence electrons. The van der Waals surface area contributed by atoms with Crippen LogP contribution in [0.2, 0.25) is 0 Å². The van der Waals surface area contributed by atoms with E-state index in [0.29, 0.717) is 13.0 Å². The third-order valence-electron chi connectivity index (χ3n) is 4.82. The van der Waals surface area contributed by atoms with E-state index in [4.69, 9.17) is 9.47 Å². The fraction of sp³-hybridized carbons (Fsp3) is 0.632. The Morgan fingerprint density at radius 3 is 2.57 bits per heavy atom. The maximum atomic E-state index is 12.4. The summed E-state index contributed by atoms with van der Waals surface area (Å²) in [6.07, 6.45) is 8.30. The van der Waals surface area contributed by atoms with Gasteiger partial charge in [0.2, 0.25) is 5.91 Å². The van der Waals surface area contributed by atoms with Crippen LogP contribution >= 0.6 is 0 Å². The Morgan fingerprint density at radius 1 is 1.17 bits per heavy atom. The van der Waals surface area contributed by atoms with E-state index >= 15 is 0 Å². The van der Waals surface area contributed by atoms with E-state index in [1.54, 1.807) is 19.1 Å². The SMILES string of the molecule is COc1ccc(CN(C)C(=O)CCC2CCCCC2)c(OC)c1. The summed E-state index contributed by atoms with van der Waals surface area (Å²) in [5, 5.41) is 0. The van der Waals surface area contributed by atoms with Crippen LogP contribution in [0.1, 0.15) is 50.5 Å². The normalized spacial score (nSPS) is 15.3. The number of ether oxygens (including phenoxy) is 2. The van der Waals surface area contributed by atoms with Gasteiger partial charge >= 0.3 is 0 Å². The predicted octanol–water partition coefficient (Wildman–Crippen LogP) is 4.02. The summed E-state index contributed by atoms with van der Waals surface area (Å²) < 4.78 is 10.6. The minimum Gasteiger partial charge on any atom is -0.497 e. The van der Waals surface area contributed by atoms with Gasteiger partial charge in [-0.15, -0.1) is 0 Å². The maximum Gasteiger partial charge on any atom is 0.222 e. The Morgan fingerprint density at radius 2 is 1.91 bits per heavy atom. The molecule has 1 aromatic rings. The lowest BCUT2D eigenvalue weighted by atomic mass is 9.86. The number of rotatable bonds is 7. The fourth-order valence-electron chi connectivity index (χ4n) is 3.32. The molecule has 0 aliphatic heterocycles. The van der Waals surface area contributed by atoms with Crippen LogP contribution in [0.4, 0.5) is 0 Å². The summed E-state index contributed by atoms with van der Waals surface area (Å²) >= 11 is 0. The number of nitrogens with zero attached hydrogens (tertiary/aromatic N) is 1. The molecule has 1 aromatic carbocycles. The molecule has 0 N–H and O–H groups in total. The van der Waals surface area contributed by atoms with Crippen LogP contribution in [0.3, 0.4) is 0 Å². The highest BCUT2D eigenvalue weighted by Gasteiger charge is 2.17. The Hall–Kier alpha value is -1.71. The molecule has 0 spiro atoms. The molecule has 2 rings (SSSR count). The van der Waals surface area contributed by atoms with Crippen molar-refractivity contribution in [3.05, 3.63) is 23.8 Å². The lowest BCUT2D eigenvalue weighted by Gasteiger charge is -2.23. The van der Waals surface area contributed by atoms with Crippen molar-refractivity contribution in [2.24, 2.45) is 5.92 Å². The van der Waals surface area contributed by atoms with Crippen molar-refractivity contribution in [3.8, 4) is 11.5 Å². The van der Waals surface area contributed by atoms with Crippen LogP contribution in [-0.4, -0.2) is 32.1 Å². The van der Waals surface area contributed by atoms with Gasteiger partial charge in [-0.1, -0.05) is 32.1 Å². The van der Waals surface area contributed by atoms with E-state index in [1.807, 2.05) is 25.2 Å². The molecular weight excluding hydrogens is 290 g/mol. The lowest BCUT2D eigenvalue weighted by Crippen LogP contribution is -2.26. The van der Waals surface area contributed by atoms with Gasteiger partial charge in [0.1, 0.15) is 11.5 Å². The lowest BCUT2D eigenvalue weighted by molar-refractivity contribution is -0.130. The van der Waals surface area contributed by atoms with Crippen molar-refractivity contribution in [1.82, 2.24) is 4.90 Å². The molecule has 0 heterocycles. The van der Waals surface area contributed by atoms with Crippen LogP contribution in [0.15, 0.2) is 18.2 Å². The maximum absolute atomic E-state index is 12.4. The third kappa shape index (κ3) is 5.15. The van der Waals surface area contributed by atoms with E-state index in [2.05, 4.69) is 0 Å². The van der Waals surface area contributed by atoms with Gasteiger partial charge in [0.15, 0.2) is 0 Å². The monoisotopic (exact) mass is 319 g/mol. The summed E-state index contributed by atoms with van der Waals surface area (Å²) in [4.78, 5) is 14.2. The zero-order valence-corrected chi connectivity index (χ0v) is 14.6. The number of carbonyl (C=O) groups is 1. The molecule has 1 saturated carbocycles. The van der Waals surface area contributed by atoms with Gasteiger partial charge in [-0.05, 0) is 24.5 Å². The van der Waals surface area contributed by atoms with Crippen LogP contribution < -0.4 is 9.47 Å². The number of benzene rings is 1. The van der Waals surface area contributed by atoms with Crippen LogP contribution in [0.5, 0.6) is 11.5 Å². The van der Waals surface area contributed by atoms with E-state index in [9.17, 15) is 4.79 Å². The molecule has 1 amide bonds. The van der Waals surface area contributed by atoms with Gasteiger partial charge in [-0.25, -0.2) is 0 Å². The number of carbonyl (C=O) groups excluding carboxylic acids is 1. The van der Waals surface area contributed by atoms with Gasteiger partial charge in [-0.2, -0.15) is 0 Å². The van der Waals surface area contributed by atoms with E-state index in [-0.39, 0.29) is 5.91 Å². The number of methoxy groups -OCH3 is 2. The number of amides is 1. The molecule has 0 saturated heterocycles. The summed E-state index contributed by atoms with van der Waals surface area (Å²) in [5.74, 6) is 2.48. The van der Waals surface area contributed by atoms with Gasteiger partial charge in [0.05, 0.1) is 14.2 Å². The summed E-state index contributed by atoms with van der Waals surface area (Å²) in [6, 6.07) is 5.72. The predicted molar refractivity (Wildman–Crippen MR) is 91.8 cm³/mol. The largest absolute Gasteiger partial charge is 0.497 e. The molecule has 1 fully saturated rings.